The minimum Gasteiger partial charge on any atom is -0.298 e. The third-order valence-corrected chi connectivity index (χ3v) is 6.58. The van der Waals surface area contributed by atoms with Gasteiger partial charge in [0, 0.05) is 62.1 Å². The van der Waals surface area contributed by atoms with E-state index in [4.69, 9.17) is 10.1 Å². The van der Waals surface area contributed by atoms with Gasteiger partial charge in [0.2, 0.25) is 0 Å². The van der Waals surface area contributed by atoms with Gasteiger partial charge in [0.25, 0.3) is 0 Å². The van der Waals surface area contributed by atoms with Crippen molar-refractivity contribution >= 4 is 36.5 Å². The molecule has 3 aromatic rings. The number of benzene rings is 1. The highest BCUT2D eigenvalue weighted by Crippen LogP contribution is 2.21. The second kappa shape index (κ2) is 12.7. The Morgan fingerprint density at radius 1 is 1.00 bits per heavy atom. The molecule has 0 spiro atoms. The van der Waals surface area contributed by atoms with E-state index >= 15 is 0 Å². The standard InChI is InChI=1S/C27H37N5.2ClH/c1-6-26-25(27-28-21(4)18-22(5)32(27)29-26)19-24-11-9-23(10-12-24)8-7-13-30-14-16-31(17-15-30)20(2)3;;/h7-12,18,20H,6,13-17,19H2,1-5H3;2*1H. The Kier molecular flexibility index (Phi) is 10.6. The van der Waals surface area contributed by atoms with E-state index in [9.17, 15) is 0 Å². The Labute approximate surface area is 217 Å². The van der Waals surface area contributed by atoms with E-state index in [1.807, 2.05) is 4.52 Å². The van der Waals surface area contributed by atoms with Crippen LogP contribution in [0.25, 0.3) is 11.7 Å². The van der Waals surface area contributed by atoms with Gasteiger partial charge in [0.05, 0.1) is 5.69 Å². The first kappa shape index (κ1) is 28.3. The molecule has 1 aliphatic heterocycles. The topological polar surface area (TPSA) is 36.7 Å². The Morgan fingerprint density at radius 3 is 2.29 bits per heavy atom. The number of aryl methyl sites for hydroxylation is 3. The summed E-state index contributed by atoms with van der Waals surface area (Å²) in [4.78, 5) is 9.90. The molecule has 0 N–H and O–H groups in total. The SMILES string of the molecule is CCc1nn2c(C)cc(C)nc2c1Cc1ccc(C=CCN2CCN(C(C)C)CC2)cc1.Cl.Cl. The predicted octanol–water partition coefficient (Wildman–Crippen LogP) is 5.38. The second-order valence-electron chi connectivity index (χ2n) is 9.30. The monoisotopic (exact) mass is 503 g/mol. The molecule has 2 aromatic heterocycles. The maximum Gasteiger partial charge on any atom is 0.159 e. The summed E-state index contributed by atoms with van der Waals surface area (Å²) < 4.78 is 2.00. The highest BCUT2D eigenvalue weighted by Gasteiger charge is 2.17. The molecular formula is C27H39Cl2N5. The summed E-state index contributed by atoms with van der Waals surface area (Å²) >= 11 is 0. The van der Waals surface area contributed by atoms with Crippen LogP contribution in [0.1, 0.15) is 54.5 Å². The average Bonchev–Trinajstić information content (AvgIpc) is 3.13. The first-order valence-corrected chi connectivity index (χ1v) is 12.0. The molecule has 0 saturated carbocycles. The largest absolute Gasteiger partial charge is 0.298 e. The summed E-state index contributed by atoms with van der Waals surface area (Å²) in [7, 11) is 0. The van der Waals surface area contributed by atoms with Crippen molar-refractivity contribution in [2.45, 2.75) is 53.5 Å². The molecule has 1 aromatic carbocycles. The van der Waals surface area contributed by atoms with E-state index in [1.54, 1.807) is 0 Å². The zero-order chi connectivity index (χ0) is 22.7. The lowest BCUT2D eigenvalue weighted by Crippen LogP contribution is -2.48. The minimum atomic E-state index is 0. The van der Waals surface area contributed by atoms with Gasteiger partial charge in [0.1, 0.15) is 0 Å². The van der Waals surface area contributed by atoms with Gasteiger partial charge < -0.3 is 0 Å². The summed E-state index contributed by atoms with van der Waals surface area (Å²) in [5.41, 5.74) is 8.15. The Bertz CT molecular complexity index is 1080. The van der Waals surface area contributed by atoms with Crippen molar-refractivity contribution in [2.24, 2.45) is 0 Å². The van der Waals surface area contributed by atoms with E-state index < -0.39 is 0 Å². The van der Waals surface area contributed by atoms with E-state index in [2.05, 4.69) is 86.9 Å². The molecule has 34 heavy (non-hydrogen) atoms. The van der Waals surface area contributed by atoms with Crippen molar-refractivity contribution in [2.75, 3.05) is 32.7 Å². The summed E-state index contributed by atoms with van der Waals surface area (Å²) in [5, 5.41) is 4.82. The van der Waals surface area contributed by atoms with Gasteiger partial charge in [-0.3, -0.25) is 9.80 Å². The third kappa shape index (κ3) is 6.60. The highest BCUT2D eigenvalue weighted by atomic mass is 35.5. The molecular weight excluding hydrogens is 465 g/mol. The minimum absolute atomic E-state index is 0. The molecule has 7 heteroatoms. The molecule has 5 nitrogen and oxygen atoms in total. The number of aromatic nitrogens is 3. The fourth-order valence-corrected chi connectivity index (χ4v) is 4.62. The quantitative estimate of drug-likeness (QED) is 0.433. The van der Waals surface area contributed by atoms with Crippen LogP contribution >= 0.6 is 24.8 Å². The number of hydrogen-bond donors (Lipinski definition) is 0. The van der Waals surface area contributed by atoms with Crippen LogP contribution in [0.2, 0.25) is 0 Å². The van der Waals surface area contributed by atoms with Crippen LogP contribution in [0.3, 0.4) is 0 Å². The van der Waals surface area contributed by atoms with Gasteiger partial charge in [-0.15, -0.1) is 24.8 Å². The Hall–Kier alpha value is -1.92. The summed E-state index contributed by atoms with van der Waals surface area (Å²) in [5.74, 6) is 0. The van der Waals surface area contributed by atoms with Crippen LogP contribution < -0.4 is 0 Å². The van der Waals surface area contributed by atoms with Gasteiger partial charge in [-0.25, -0.2) is 9.50 Å². The fraction of sp³-hybridized carbons (Fsp3) is 0.481. The zero-order valence-electron chi connectivity index (χ0n) is 21.1. The van der Waals surface area contributed by atoms with Crippen molar-refractivity contribution in [3.63, 3.8) is 0 Å². The van der Waals surface area contributed by atoms with Crippen molar-refractivity contribution < 1.29 is 0 Å². The lowest BCUT2D eigenvalue weighted by Gasteiger charge is -2.36. The maximum absolute atomic E-state index is 4.82. The summed E-state index contributed by atoms with van der Waals surface area (Å²) in [6, 6.07) is 11.7. The highest BCUT2D eigenvalue weighted by molar-refractivity contribution is 5.85. The van der Waals surface area contributed by atoms with Crippen LogP contribution in [0, 0.1) is 13.8 Å². The zero-order valence-corrected chi connectivity index (χ0v) is 22.8. The van der Waals surface area contributed by atoms with Crippen molar-refractivity contribution in [1.29, 1.82) is 0 Å². The van der Waals surface area contributed by atoms with Gasteiger partial charge in [-0.1, -0.05) is 43.3 Å². The number of nitrogens with zero attached hydrogens (tertiary/aromatic N) is 5. The maximum atomic E-state index is 4.82. The predicted molar refractivity (Wildman–Crippen MR) is 148 cm³/mol. The van der Waals surface area contributed by atoms with E-state index in [0.717, 1.165) is 55.2 Å². The summed E-state index contributed by atoms with van der Waals surface area (Å²) in [6.45, 7) is 16.6. The van der Waals surface area contributed by atoms with Crippen molar-refractivity contribution in [3.05, 3.63) is 70.2 Å². The van der Waals surface area contributed by atoms with Crippen LogP contribution in [0.15, 0.2) is 36.4 Å². The number of fused-ring (bicyclic) bond motifs is 1. The van der Waals surface area contributed by atoms with Crippen LogP contribution in [0.4, 0.5) is 0 Å². The molecule has 1 fully saturated rings. The molecule has 1 saturated heterocycles. The lowest BCUT2D eigenvalue weighted by atomic mass is 10.0. The van der Waals surface area contributed by atoms with Gasteiger partial charge in [-0.2, -0.15) is 5.10 Å². The smallest absolute Gasteiger partial charge is 0.159 e. The Balaban J connectivity index is 0.00000204. The first-order chi connectivity index (χ1) is 15.4. The molecule has 186 valence electrons. The van der Waals surface area contributed by atoms with E-state index in [1.165, 1.54) is 29.8 Å². The molecule has 0 aliphatic carbocycles. The van der Waals surface area contributed by atoms with Gasteiger partial charge in [0.15, 0.2) is 5.65 Å². The van der Waals surface area contributed by atoms with Gasteiger partial charge in [-0.05, 0) is 51.3 Å². The van der Waals surface area contributed by atoms with Gasteiger partial charge >= 0.3 is 0 Å². The average molecular weight is 505 g/mol. The molecule has 4 rings (SSSR count). The molecule has 0 bridgehead atoms. The lowest BCUT2D eigenvalue weighted by molar-refractivity contribution is 0.117. The Morgan fingerprint density at radius 2 is 1.68 bits per heavy atom. The molecule has 1 aliphatic rings. The van der Waals surface area contributed by atoms with Crippen LogP contribution in [-0.2, 0) is 12.8 Å². The number of piperazine rings is 1. The van der Waals surface area contributed by atoms with Crippen molar-refractivity contribution in [1.82, 2.24) is 24.4 Å². The second-order valence-corrected chi connectivity index (χ2v) is 9.30. The normalized spacial score (nSPS) is 15.1. The van der Waals surface area contributed by atoms with E-state index in [0.29, 0.717) is 6.04 Å². The molecule has 0 radical (unpaired) electrons. The third-order valence-electron chi connectivity index (χ3n) is 6.58. The number of rotatable bonds is 7. The molecule has 3 heterocycles. The number of halogens is 2. The first-order valence-electron chi connectivity index (χ1n) is 12.0. The van der Waals surface area contributed by atoms with Crippen LogP contribution in [0.5, 0.6) is 0 Å². The summed E-state index contributed by atoms with van der Waals surface area (Å²) in [6.07, 6.45) is 6.34. The molecule has 0 unspecified atom stereocenters. The van der Waals surface area contributed by atoms with Crippen molar-refractivity contribution in [3.8, 4) is 0 Å². The number of hydrogen-bond acceptors (Lipinski definition) is 4. The molecule has 0 atom stereocenters. The van der Waals surface area contributed by atoms with Crippen LogP contribution in [-0.4, -0.2) is 63.2 Å². The van der Waals surface area contributed by atoms with E-state index in [-0.39, 0.29) is 24.8 Å². The molecule has 0 amide bonds. The fourth-order valence-electron chi connectivity index (χ4n) is 4.62.